The molecule has 0 aliphatic rings. The number of aromatic nitrogens is 2. The van der Waals surface area contributed by atoms with Crippen LogP contribution in [0.5, 0.6) is 5.75 Å². The van der Waals surface area contributed by atoms with E-state index in [9.17, 15) is 4.79 Å². The Morgan fingerprint density at radius 2 is 2.00 bits per heavy atom. The largest absolute Gasteiger partial charge is 0.486 e. The van der Waals surface area contributed by atoms with E-state index in [1.165, 1.54) is 0 Å². The average molecular weight is 307 g/mol. The summed E-state index contributed by atoms with van der Waals surface area (Å²) in [6.07, 6.45) is 1.21. The van der Waals surface area contributed by atoms with Crippen molar-refractivity contribution < 1.29 is 9.53 Å². The smallest absolute Gasteiger partial charge is 0.176 e. The maximum absolute atomic E-state index is 12.0. The third-order valence-corrected chi connectivity index (χ3v) is 3.42. The van der Waals surface area contributed by atoms with E-state index in [4.69, 9.17) is 16.3 Å². The van der Waals surface area contributed by atoms with Crippen LogP contribution >= 0.6 is 11.6 Å². The van der Waals surface area contributed by atoms with Crippen molar-refractivity contribution >= 4 is 17.4 Å². The van der Waals surface area contributed by atoms with Crippen LogP contribution in [0.15, 0.2) is 30.3 Å². The summed E-state index contributed by atoms with van der Waals surface area (Å²) in [5, 5.41) is 5.08. The first-order chi connectivity index (χ1) is 10.1. The Morgan fingerprint density at radius 3 is 2.62 bits per heavy atom. The summed E-state index contributed by atoms with van der Waals surface area (Å²) < 4.78 is 7.34. The van der Waals surface area contributed by atoms with E-state index in [-0.39, 0.29) is 12.4 Å². The minimum Gasteiger partial charge on any atom is -0.486 e. The number of Topliss-reactive ketones (excluding diaryl/α,β-unsaturated/α-hetero) is 1. The molecular weight excluding hydrogens is 288 g/mol. The summed E-state index contributed by atoms with van der Waals surface area (Å²) in [6.45, 7) is 4.89. The Labute approximate surface area is 129 Å². The first kappa shape index (κ1) is 15.6. The lowest BCUT2D eigenvalue weighted by atomic mass is 10.2. The number of aryl methyl sites for hydroxylation is 2. The van der Waals surface area contributed by atoms with Gasteiger partial charge in [-0.2, -0.15) is 5.10 Å². The van der Waals surface area contributed by atoms with Gasteiger partial charge in [0.1, 0.15) is 12.4 Å². The Bertz CT molecular complexity index is 605. The molecule has 0 atom stereocenters. The number of hydrogen-bond donors (Lipinski definition) is 0. The van der Waals surface area contributed by atoms with E-state index in [1.807, 2.05) is 17.7 Å². The van der Waals surface area contributed by atoms with Gasteiger partial charge in [-0.05, 0) is 43.7 Å². The highest BCUT2D eigenvalue weighted by Gasteiger charge is 2.11. The van der Waals surface area contributed by atoms with E-state index in [0.717, 1.165) is 24.4 Å². The third kappa shape index (κ3) is 4.33. The molecule has 0 saturated heterocycles. The van der Waals surface area contributed by atoms with Gasteiger partial charge in [0.15, 0.2) is 5.78 Å². The highest BCUT2D eigenvalue weighted by Crippen LogP contribution is 2.15. The first-order valence-electron chi connectivity index (χ1n) is 7.08. The molecule has 0 amide bonds. The molecule has 0 bridgehead atoms. The summed E-state index contributed by atoms with van der Waals surface area (Å²) in [6, 6.07) is 8.97. The van der Waals surface area contributed by atoms with Crippen LogP contribution in [0.2, 0.25) is 5.02 Å². The van der Waals surface area contributed by atoms with E-state index in [2.05, 4.69) is 12.0 Å². The zero-order valence-corrected chi connectivity index (χ0v) is 13.1. The molecule has 0 aliphatic heterocycles. The summed E-state index contributed by atoms with van der Waals surface area (Å²) >= 11 is 5.80. The van der Waals surface area contributed by atoms with Crippen molar-refractivity contribution in [2.45, 2.75) is 33.2 Å². The second-order valence-electron chi connectivity index (χ2n) is 4.75. The molecule has 112 valence electrons. The maximum Gasteiger partial charge on any atom is 0.176 e. The second kappa shape index (κ2) is 7.27. The summed E-state index contributed by atoms with van der Waals surface area (Å²) in [7, 11) is 0. The van der Waals surface area contributed by atoms with Crippen molar-refractivity contribution in [3.63, 3.8) is 0 Å². The monoisotopic (exact) mass is 306 g/mol. The number of benzene rings is 1. The Balaban J connectivity index is 1.92. The lowest BCUT2D eigenvalue weighted by Gasteiger charge is -2.06. The Morgan fingerprint density at radius 1 is 1.29 bits per heavy atom. The quantitative estimate of drug-likeness (QED) is 0.788. The van der Waals surface area contributed by atoms with Gasteiger partial charge in [-0.3, -0.25) is 9.48 Å². The van der Waals surface area contributed by atoms with Crippen molar-refractivity contribution in [2.24, 2.45) is 0 Å². The number of rotatable bonds is 7. The molecule has 0 unspecified atom stereocenters. The number of carbonyl (C=O) groups excluding carboxylic acids is 1. The van der Waals surface area contributed by atoms with Crippen molar-refractivity contribution in [3.05, 3.63) is 46.7 Å². The van der Waals surface area contributed by atoms with Gasteiger partial charge in [-0.15, -0.1) is 0 Å². The normalized spacial score (nSPS) is 10.6. The van der Waals surface area contributed by atoms with Gasteiger partial charge in [-0.25, -0.2) is 0 Å². The fraction of sp³-hybridized carbons (Fsp3) is 0.375. The fourth-order valence-electron chi connectivity index (χ4n) is 2.05. The van der Waals surface area contributed by atoms with Crippen LogP contribution in [-0.2, 0) is 24.2 Å². The van der Waals surface area contributed by atoms with Gasteiger partial charge in [0.25, 0.3) is 0 Å². The first-order valence-corrected chi connectivity index (χ1v) is 7.45. The lowest BCUT2D eigenvalue weighted by Crippen LogP contribution is -2.16. The van der Waals surface area contributed by atoms with E-state index in [0.29, 0.717) is 17.2 Å². The van der Waals surface area contributed by atoms with Gasteiger partial charge < -0.3 is 4.74 Å². The van der Waals surface area contributed by atoms with Gasteiger partial charge in [-0.1, -0.05) is 18.5 Å². The molecule has 2 aromatic rings. The third-order valence-electron chi connectivity index (χ3n) is 3.17. The Hall–Kier alpha value is -1.81. The molecule has 0 aliphatic carbocycles. The number of carbonyl (C=O) groups is 1. The maximum atomic E-state index is 12.0. The molecule has 2 rings (SSSR count). The van der Waals surface area contributed by atoms with Crippen molar-refractivity contribution in [1.29, 1.82) is 0 Å². The van der Waals surface area contributed by atoms with Gasteiger partial charge in [0.2, 0.25) is 0 Å². The fourth-order valence-corrected chi connectivity index (χ4v) is 2.18. The number of halogens is 1. The molecule has 0 saturated carbocycles. The summed E-state index contributed by atoms with van der Waals surface area (Å²) in [5.41, 5.74) is 1.96. The van der Waals surface area contributed by atoms with E-state index < -0.39 is 0 Å². The molecule has 0 radical (unpaired) electrons. The highest BCUT2D eigenvalue weighted by atomic mass is 35.5. The average Bonchev–Trinajstić information content (AvgIpc) is 2.89. The van der Waals surface area contributed by atoms with Crippen LogP contribution in [0.1, 0.15) is 25.2 Å². The second-order valence-corrected chi connectivity index (χ2v) is 5.19. The molecule has 1 aromatic heterocycles. The molecule has 0 fully saturated rings. The van der Waals surface area contributed by atoms with Crippen molar-refractivity contribution in [2.75, 3.05) is 6.61 Å². The molecule has 0 N–H and O–H groups in total. The van der Waals surface area contributed by atoms with Crippen LogP contribution in [-0.4, -0.2) is 22.2 Å². The molecule has 1 aromatic carbocycles. The van der Waals surface area contributed by atoms with Gasteiger partial charge in [0.05, 0.1) is 12.1 Å². The summed E-state index contributed by atoms with van der Waals surface area (Å²) in [4.78, 5) is 12.0. The Kier molecular flexibility index (Phi) is 5.39. The van der Waals surface area contributed by atoms with Crippen molar-refractivity contribution in [1.82, 2.24) is 9.78 Å². The van der Waals surface area contributed by atoms with Crippen LogP contribution in [0, 0.1) is 0 Å². The number of hydrogen-bond acceptors (Lipinski definition) is 3. The lowest BCUT2D eigenvalue weighted by molar-refractivity contribution is -0.120. The molecule has 21 heavy (non-hydrogen) atoms. The van der Waals surface area contributed by atoms with Gasteiger partial charge >= 0.3 is 0 Å². The SMILES string of the molecule is CCc1cc(CC(=O)COc2ccc(Cl)cc2)n(CC)n1. The standard InChI is InChI=1S/C16H19ClN2O2/c1-3-13-9-14(19(4-2)18-13)10-15(20)11-21-16-7-5-12(17)6-8-16/h5-9H,3-4,10-11H2,1-2H3. The minimum atomic E-state index is 0.0298. The van der Waals surface area contributed by atoms with Crippen LogP contribution < -0.4 is 4.74 Å². The van der Waals surface area contributed by atoms with Crippen LogP contribution in [0.3, 0.4) is 0 Å². The van der Waals surface area contributed by atoms with Crippen molar-refractivity contribution in [3.8, 4) is 5.75 Å². The zero-order chi connectivity index (χ0) is 15.2. The molecule has 1 heterocycles. The highest BCUT2D eigenvalue weighted by molar-refractivity contribution is 6.30. The van der Waals surface area contributed by atoms with E-state index in [1.54, 1.807) is 24.3 Å². The van der Waals surface area contributed by atoms with Crippen LogP contribution in [0.4, 0.5) is 0 Å². The minimum absolute atomic E-state index is 0.0298. The molecule has 0 spiro atoms. The van der Waals surface area contributed by atoms with E-state index >= 15 is 0 Å². The topological polar surface area (TPSA) is 44.1 Å². The number of ketones is 1. The number of ether oxygens (including phenoxy) is 1. The van der Waals surface area contributed by atoms with Gasteiger partial charge in [0, 0.05) is 17.3 Å². The molecule has 5 heteroatoms. The molecule has 4 nitrogen and oxygen atoms in total. The summed E-state index contributed by atoms with van der Waals surface area (Å²) in [5.74, 6) is 0.674. The predicted molar refractivity (Wildman–Crippen MR) is 82.9 cm³/mol. The number of nitrogens with zero attached hydrogens (tertiary/aromatic N) is 2. The van der Waals surface area contributed by atoms with Crippen LogP contribution in [0.25, 0.3) is 0 Å². The zero-order valence-electron chi connectivity index (χ0n) is 12.3. The molecular formula is C16H19ClN2O2. The predicted octanol–water partition coefficient (Wildman–Crippen LogP) is 3.31.